The second-order valence-corrected chi connectivity index (χ2v) is 10.0. The van der Waals surface area contributed by atoms with E-state index < -0.39 is 0 Å². The molecule has 0 aromatic rings. The molecule has 4 aliphatic carbocycles. The van der Waals surface area contributed by atoms with Crippen molar-refractivity contribution in [3.05, 3.63) is 0 Å². The van der Waals surface area contributed by atoms with Crippen LogP contribution in [0.4, 0.5) is 0 Å². The van der Waals surface area contributed by atoms with Gasteiger partial charge in [0.15, 0.2) is 0 Å². The molecule has 0 saturated heterocycles. The number of fused-ring (bicyclic) bond motifs is 5. The van der Waals surface area contributed by atoms with Gasteiger partial charge in [-0.1, -0.05) is 26.7 Å². The molecule has 4 fully saturated rings. The third kappa shape index (κ3) is 2.20. The number of hydrogen-bond donors (Lipinski definition) is 2. The van der Waals surface area contributed by atoms with Crippen LogP contribution in [-0.2, 0) is 0 Å². The van der Waals surface area contributed by atoms with E-state index in [4.69, 9.17) is 0 Å². The van der Waals surface area contributed by atoms with E-state index in [9.17, 15) is 10.2 Å². The number of rotatable bonds is 1. The van der Waals surface area contributed by atoms with Crippen molar-refractivity contribution in [2.24, 2.45) is 40.4 Å². The molecule has 0 spiro atoms. The first-order chi connectivity index (χ1) is 10.9. The van der Waals surface area contributed by atoms with Crippen molar-refractivity contribution in [3.63, 3.8) is 0 Å². The molecular formula is C21H36O2. The van der Waals surface area contributed by atoms with Crippen LogP contribution >= 0.6 is 0 Å². The average molecular weight is 321 g/mol. The van der Waals surface area contributed by atoms with Crippen molar-refractivity contribution in [1.82, 2.24) is 0 Å². The smallest absolute Gasteiger partial charge is 0.0601 e. The zero-order chi connectivity index (χ0) is 16.4. The standard InChI is InChI=1S/C21H36O2/c1-13(22)19-18(23)12-17-15-8-7-14-6-4-5-10-20(14,2)16(15)9-11-21(17,19)3/h13-19,22-23H,4-12H2,1-3H3. The van der Waals surface area contributed by atoms with E-state index in [-0.39, 0.29) is 23.5 Å². The lowest BCUT2D eigenvalue weighted by atomic mass is 9.45. The quantitative estimate of drug-likeness (QED) is 0.752. The van der Waals surface area contributed by atoms with E-state index in [0.717, 1.165) is 24.2 Å². The number of aliphatic hydroxyl groups excluding tert-OH is 2. The van der Waals surface area contributed by atoms with Crippen molar-refractivity contribution in [1.29, 1.82) is 0 Å². The molecule has 0 aromatic carbocycles. The molecule has 132 valence electrons. The van der Waals surface area contributed by atoms with Crippen molar-refractivity contribution in [2.45, 2.75) is 90.8 Å². The third-order valence-corrected chi connectivity index (χ3v) is 9.21. The van der Waals surface area contributed by atoms with E-state index in [1.807, 2.05) is 6.92 Å². The van der Waals surface area contributed by atoms with Crippen LogP contribution in [0.1, 0.15) is 78.6 Å². The number of aliphatic hydroxyl groups is 2. The molecule has 2 nitrogen and oxygen atoms in total. The Morgan fingerprint density at radius 3 is 2.43 bits per heavy atom. The van der Waals surface area contributed by atoms with Crippen molar-refractivity contribution < 1.29 is 10.2 Å². The fourth-order valence-corrected chi connectivity index (χ4v) is 8.22. The predicted octanol–water partition coefficient (Wildman–Crippen LogP) is 4.39. The summed E-state index contributed by atoms with van der Waals surface area (Å²) in [5, 5.41) is 21.0. The Kier molecular flexibility index (Phi) is 3.89. The molecule has 0 aromatic heterocycles. The highest BCUT2D eigenvalue weighted by molar-refractivity contribution is 5.11. The van der Waals surface area contributed by atoms with E-state index in [0.29, 0.717) is 11.3 Å². The Balaban J connectivity index is 1.64. The fourth-order valence-electron chi connectivity index (χ4n) is 8.22. The van der Waals surface area contributed by atoms with Crippen LogP contribution in [0.5, 0.6) is 0 Å². The van der Waals surface area contributed by atoms with E-state index in [1.165, 1.54) is 51.4 Å². The minimum absolute atomic E-state index is 0.0883. The van der Waals surface area contributed by atoms with Crippen molar-refractivity contribution in [2.75, 3.05) is 0 Å². The first kappa shape index (κ1) is 16.4. The zero-order valence-electron chi connectivity index (χ0n) is 15.3. The molecule has 0 aliphatic heterocycles. The summed E-state index contributed by atoms with van der Waals surface area (Å²) in [5.74, 6) is 3.35. The van der Waals surface area contributed by atoms with Gasteiger partial charge in [0.1, 0.15) is 0 Å². The number of hydrogen-bond acceptors (Lipinski definition) is 2. The monoisotopic (exact) mass is 320 g/mol. The molecule has 2 heteroatoms. The van der Waals surface area contributed by atoms with Gasteiger partial charge < -0.3 is 10.2 Å². The normalized spacial score (nSPS) is 57.3. The Labute approximate surface area is 142 Å². The van der Waals surface area contributed by atoms with Gasteiger partial charge in [-0.05, 0) is 86.4 Å². The van der Waals surface area contributed by atoms with Gasteiger partial charge in [0.2, 0.25) is 0 Å². The molecule has 0 amide bonds. The highest BCUT2D eigenvalue weighted by Gasteiger charge is 2.62. The first-order valence-electron chi connectivity index (χ1n) is 10.2. The summed E-state index contributed by atoms with van der Waals surface area (Å²) in [7, 11) is 0. The minimum Gasteiger partial charge on any atom is -0.393 e. The molecular weight excluding hydrogens is 284 g/mol. The molecule has 9 unspecified atom stereocenters. The lowest BCUT2D eigenvalue weighted by Crippen LogP contribution is -2.53. The van der Waals surface area contributed by atoms with Crippen LogP contribution in [0.3, 0.4) is 0 Å². The van der Waals surface area contributed by atoms with E-state index in [1.54, 1.807) is 0 Å². The molecule has 4 saturated carbocycles. The Bertz CT molecular complexity index is 461. The lowest BCUT2D eigenvalue weighted by Gasteiger charge is -2.60. The van der Waals surface area contributed by atoms with Crippen molar-refractivity contribution >= 4 is 0 Å². The highest BCUT2D eigenvalue weighted by Crippen LogP contribution is 2.67. The highest BCUT2D eigenvalue weighted by atomic mass is 16.3. The van der Waals surface area contributed by atoms with Crippen LogP contribution in [-0.4, -0.2) is 22.4 Å². The van der Waals surface area contributed by atoms with Gasteiger partial charge in [-0.2, -0.15) is 0 Å². The molecule has 2 N–H and O–H groups in total. The van der Waals surface area contributed by atoms with Gasteiger partial charge >= 0.3 is 0 Å². The summed E-state index contributed by atoms with van der Waals surface area (Å²) >= 11 is 0. The van der Waals surface area contributed by atoms with E-state index >= 15 is 0 Å². The van der Waals surface area contributed by atoms with Gasteiger partial charge in [0.05, 0.1) is 12.2 Å². The van der Waals surface area contributed by atoms with Gasteiger partial charge in [-0.25, -0.2) is 0 Å². The maximum atomic E-state index is 10.7. The predicted molar refractivity (Wildman–Crippen MR) is 92.9 cm³/mol. The van der Waals surface area contributed by atoms with Crippen LogP contribution < -0.4 is 0 Å². The van der Waals surface area contributed by atoms with Gasteiger partial charge in [-0.3, -0.25) is 0 Å². The Hall–Kier alpha value is -0.0800. The fraction of sp³-hybridized carbons (Fsp3) is 1.00. The van der Waals surface area contributed by atoms with Crippen LogP contribution in [0, 0.1) is 40.4 Å². The molecule has 0 bridgehead atoms. The largest absolute Gasteiger partial charge is 0.393 e. The van der Waals surface area contributed by atoms with Crippen LogP contribution in [0.15, 0.2) is 0 Å². The Morgan fingerprint density at radius 2 is 1.70 bits per heavy atom. The Morgan fingerprint density at radius 1 is 0.913 bits per heavy atom. The second-order valence-electron chi connectivity index (χ2n) is 10.0. The summed E-state index contributed by atoms with van der Waals surface area (Å²) in [4.78, 5) is 0. The topological polar surface area (TPSA) is 40.5 Å². The summed E-state index contributed by atoms with van der Waals surface area (Å²) in [5.41, 5.74) is 0.725. The lowest BCUT2D eigenvalue weighted by molar-refractivity contribution is -0.120. The third-order valence-electron chi connectivity index (χ3n) is 9.21. The maximum absolute atomic E-state index is 10.7. The van der Waals surface area contributed by atoms with Crippen molar-refractivity contribution in [3.8, 4) is 0 Å². The van der Waals surface area contributed by atoms with Gasteiger partial charge in [0.25, 0.3) is 0 Å². The summed E-state index contributed by atoms with van der Waals surface area (Å²) in [6.45, 7) is 6.89. The summed E-state index contributed by atoms with van der Waals surface area (Å²) < 4.78 is 0. The van der Waals surface area contributed by atoms with Crippen LogP contribution in [0.25, 0.3) is 0 Å². The van der Waals surface area contributed by atoms with E-state index in [2.05, 4.69) is 13.8 Å². The van der Waals surface area contributed by atoms with Gasteiger partial charge in [-0.15, -0.1) is 0 Å². The molecule has 23 heavy (non-hydrogen) atoms. The summed E-state index contributed by atoms with van der Waals surface area (Å²) in [6.07, 6.45) is 11.4. The first-order valence-corrected chi connectivity index (χ1v) is 10.2. The summed E-state index contributed by atoms with van der Waals surface area (Å²) in [6, 6.07) is 0. The molecule has 0 radical (unpaired) electrons. The average Bonchev–Trinajstić information content (AvgIpc) is 2.77. The second kappa shape index (κ2) is 5.46. The zero-order valence-corrected chi connectivity index (χ0v) is 15.3. The molecule has 4 aliphatic rings. The molecule has 0 heterocycles. The minimum atomic E-state index is -0.377. The maximum Gasteiger partial charge on any atom is 0.0601 e. The molecule has 4 rings (SSSR count). The SMILES string of the molecule is CC(O)C1C(O)CC2C3CCC4CCCCC4(C)C3CCC21C. The van der Waals surface area contributed by atoms with Crippen LogP contribution in [0.2, 0.25) is 0 Å². The molecule has 9 atom stereocenters. The van der Waals surface area contributed by atoms with Gasteiger partial charge in [0, 0.05) is 5.92 Å².